The predicted molar refractivity (Wildman–Crippen MR) is 145 cm³/mol. The topological polar surface area (TPSA) is 104 Å². The summed E-state index contributed by atoms with van der Waals surface area (Å²) in [6.07, 6.45) is 6.05. The number of nitrogens with zero attached hydrogens (tertiary/aromatic N) is 3. The number of allylic oxidation sites excluding steroid dienone is 1. The highest BCUT2D eigenvalue weighted by atomic mass is 32.2. The van der Waals surface area contributed by atoms with E-state index in [0.29, 0.717) is 17.8 Å². The van der Waals surface area contributed by atoms with Gasteiger partial charge in [0.2, 0.25) is 5.92 Å². The molecule has 2 heterocycles. The zero-order valence-corrected chi connectivity index (χ0v) is 24.0. The summed E-state index contributed by atoms with van der Waals surface area (Å²) in [5.41, 5.74) is 1.19. The lowest BCUT2D eigenvalue weighted by molar-refractivity contribution is -0.0500. The highest BCUT2D eigenvalue weighted by Crippen LogP contribution is 2.41. The average molecular weight is 554 g/mol. The second-order valence-electron chi connectivity index (χ2n) is 12.0. The number of nitrogens with one attached hydrogen (secondary N) is 2. The van der Waals surface area contributed by atoms with Gasteiger partial charge in [-0.15, -0.1) is 11.3 Å². The number of alkyl halides is 2. The van der Waals surface area contributed by atoms with Crippen LogP contribution in [0, 0.1) is 5.92 Å². The molecule has 1 aliphatic rings. The molecule has 8 nitrogen and oxygen atoms in total. The van der Waals surface area contributed by atoms with Gasteiger partial charge in [0, 0.05) is 24.2 Å². The number of rotatable bonds is 9. The monoisotopic (exact) mass is 553 g/mol. The molecule has 2 aromatic heterocycles. The van der Waals surface area contributed by atoms with Crippen LogP contribution in [-0.4, -0.2) is 41.5 Å². The fraction of sp³-hybridized carbons (Fsp3) is 0.667. The van der Waals surface area contributed by atoms with Crippen molar-refractivity contribution >= 4 is 23.1 Å². The Bertz CT molecular complexity index is 1100. The summed E-state index contributed by atoms with van der Waals surface area (Å²) in [6, 6.07) is 1.03. The van der Waals surface area contributed by atoms with Crippen LogP contribution in [0.2, 0.25) is 0 Å². The number of alkyl carbamates (subject to hydrolysis) is 1. The molecule has 38 heavy (non-hydrogen) atoms. The molecule has 3 atom stereocenters. The number of hydrogen-bond acceptors (Lipinski definition) is 6. The van der Waals surface area contributed by atoms with Crippen molar-refractivity contribution in [2.24, 2.45) is 5.92 Å². The van der Waals surface area contributed by atoms with Gasteiger partial charge in [0.25, 0.3) is 0 Å². The van der Waals surface area contributed by atoms with Crippen LogP contribution in [0.3, 0.4) is 0 Å². The standard InChI is InChI=1S/C27H41F2N5O3S/c1-8-9-10-20(33-38(36)26(5,6)7)19-15-22-31-21(17-34(22)30-16-19)23(32-24(35)37-25(2,3)4)18-11-13-27(28,29)14-12-18/h8,15-18,20,23,33H,1,9-14H2,2-7H3,(H,32,35)/t20-,23+,38+/m1/s1. The van der Waals surface area contributed by atoms with Gasteiger partial charge in [-0.05, 0) is 84.8 Å². The number of aromatic nitrogens is 3. The lowest BCUT2D eigenvalue weighted by atomic mass is 9.81. The van der Waals surface area contributed by atoms with Gasteiger partial charge in [0.05, 0.1) is 30.2 Å². The van der Waals surface area contributed by atoms with E-state index >= 15 is 0 Å². The molecule has 0 radical (unpaired) electrons. The minimum atomic E-state index is -2.69. The van der Waals surface area contributed by atoms with Crippen LogP contribution in [0.4, 0.5) is 13.6 Å². The van der Waals surface area contributed by atoms with E-state index in [1.807, 2.05) is 32.9 Å². The summed E-state index contributed by atoms with van der Waals surface area (Å²) in [7, 11) is 0. The van der Waals surface area contributed by atoms with Crippen molar-refractivity contribution in [3.63, 3.8) is 0 Å². The van der Waals surface area contributed by atoms with Gasteiger partial charge in [-0.1, -0.05) is 6.08 Å². The van der Waals surface area contributed by atoms with E-state index in [4.69, 9.17) is 9.72 Å². The average Bonchev–Trinajstić information content (AvgIpc) is 3.21. The highest BCUT2D eigenvalue weighted by molar-refractivity contribution is 7.90. The first-order valence-corrected chi connectivity index (χ1v) is 14.2. The molecule has 0 aliphatic heterocycles. The van der Waals surface area contributed by atoms with E-state index in [0.717, 1.165) is 12.0 Å². The van der Waals surface area contributed by atoms with Crippen LogP contribution < -0.4 is 10.0 Å². The van der Waals surface area contributed by atoms with Gasteiger partial charge >= 0.3 is 6.09 Å². The predicted octanol–water partition coefficient (Wildman–Crippen LogP) is 6.18. The van der Waals surface area contributed by atoms with Crippen molar-refractivity contribution in [2.75, 3.05) is 0 Å². The molecule has 11 heteroatoms. The molecule has 0 unspecified atom stereocenters. The molecule has 0 saturated heterocycles. The van der Waals surface area contributed by atoms with E-state index in [9.17, 15) is 18.1 Å². The molecule has 0 aromatic carbocycles. The van der Waals surface area contributed by atoms with Crippen molar-refractivity contribution in [2.45, 2.75) is 108 Å². The van der Waals surface area contributed by atoms with Gasteiger partial charge in [0.15, 0.2) is 5.65 Å². The van der Waals surface area contributed by atoms with Crippen molar-refractivity contribution in [3.05, 3.63) is 42.4 Å². The Morgan fingerprint density at radius 3 is 2.55 bits per heavy atom. The van der Waals surface area contributed by atoms with Gasteiger partial charge in [-0.2, -0.15) is 5.10 Å². The highest BCUT2D eigenvalue weighted by Gasteiger charge is 2.40. The Hall–Kier alpha value is -2.24. The second-order valence-corrected chi connectivity index (χ2v) is 14.0. The normalized spacial score (nSPS) is 19.1. The van der Waals surface area contributed by atoms with Crippen molar-refractivity contribution < 1.29 is 22.9 Å². The number of ether oxygens (including phenoxy) is 1. The third-order valence-corrected chi connectivity index (χ3v) is 8.06. The molecular weight excluding hydrogens is 512 g/mol. The van der Waals surface area contributed by atoms with E-state index in [1.165, 1.54) is 0 Å². The minimum Gasteiger partial charge on any atom is -0.598 e. The molecular formula is C27H41F2N5O3S. The molecule has 1 fully saturated rings. The van der Waals surface area contributed by atoms with Crippen LogP contribution in [-0.2, 0) is 16.1 Å². The second kappa shape index (κ2) is 11.9. The van der Waals surface area contributed by atoms with Crippen LogP contribution in [0.5, 0.6) is 0 Å². The first-order chi connectivity index (χ1) is 17.6. The van der Waals surface area contributed by atoms with Crippen LogP contribution >= 0.6 is 0 Å². The SMILES string of the molecule is C=CCC[C@@H](N[S@@+]([O-])C(C)(C)C)c1cnn2cc([C@@H](NC(=O)OC(C)(C)C)C3CCC(F)(F)CC3)nc2c1. The number of halogens is 2. The van der Waals surface area contributed by atoms with Gasteiger partial charge in [-0.25, -0.2) is 23.1 Å². The Kier molecular flexibility index (Phi) is 9.47. The summed E-state index contributed by atoms with van der Waals surface area (Å²) < 4.78 is 50.4. The van der Waals surface area contributed by atoms with Crippen molar-refractivity contribution in [3.8, 4) is 0 Å². The first-order valence-electron chi connectivity index (χ1n) is 13.1. The Morgan fingerprint density at radius 1 is 1.32 bits per heavy atom. The summed E-state index contributed by atoms with van der Waals surface area (Å²) in [4.78, 5) is 17.4. The lowest BCUT2D eigenvalue weighted by Gasteiger charge is -2.33. The molecule has 212 valence electrons. The zero-order valence-electron chi connectivity index (χ0n) is 23.2. The number of fused-ring (bicyclic) bond motifs is 1. The summed E-state index contributed by atoms with van der Waals surface area (Å²) >= 11 is -1.29. The summed E-state index contributed by atoms with van der Waals surface area (Å²) in [6.45, 7) is 14.8. The number of amides is 1. The number of carbonyl (C=O) groups is 1. The maximum absolute atomic E-state index is 13.9. The molecule has 1 aliphatic carbocycles. The van der Waals surface area contributed by atoms with E-state index in [1.54, 1.807) is 37.7 Å². The van der Waals surface area contributed by atoms with Crippen LogP contribution in [0.25, 0.3) is 5.65 Å². The number of hydrogen-bond donors (Lipinski definition) is 2. The maximum Gasteiger partial charge on any atom is 0.408 e. The van der Waals surface area contributed by atoms with Crippen LogP contribution in [0.15, 0.2) is 31.1 Å². The molecule has 2 N–H and O–H groups in total. The van der Waals surface area contributed by atoms with Crippen molar-refractivity contribution in [1.82, 2.24) is 24.6 Å². The minimum absolute atomic E-state index is 0.220. The van der Waals surface area contributed by atoms with E-state index in [-0.39, 0.29) is 37.6 Å². The Morgan fingerprint density at radius 2 is 1.97 bits per heavy atom. The Balaban J connectivity index is 1.91. The Labute approximate surface area is 227 Å². The van der Waals surface area contributed by atoms with Crippen LogP contribution in [0.1, 0.15) is 103 Å². The fourth-order valence-corrected chi connectivity index (χ4v) is 5.26. The third kappa shape index (κ3) is 8.38. The van der Waals surface area contributed by atoms with E-state index in [2.05, 4.69) is 21.7 Å². The van der Waals surface area contributed by atoms with Gasteiger partial charge in [0.1, 0.15) is 10.3 Å². The summed E-state index contributed by atoms with van der Waals surface area (Å²) in [5.74, 6) is -2.91. The molecule has 3 rings (SSSR count). The number of imidazole rings is 1. The largest absolute Gasteiger partial charge is 0.598 e. The lowest BCUT2D eigenvalue weighted by Crippen LogP contribution is -2.41. The van der Waals surface area contributed by atoms with Crippen molar-refractivity contribution in [1.29, 1.82) is 0 Å². The quantitative estimate of drug-likeness (QED) is 0.284. The first kappa shape index (κ1) is 30.3. The molecule has 1 amide bonds. The molecule has 0 bridgehead atoms. The molecule has 1 saturated carbocycles. The fourth-order valence-electron chi connectivity index (χ4n) is 4.40. The van der Waals surface area contributed by atoms with Gasteiger partial charge < -0.3 is 14.6 Å². The zero-order chi connectivity index (χ0) is 28.3. The molecule has 2 aromatic rings. The van der Waals surface area contributed by atoms with Gasteiger partial charge in [-0.3, -0.25) is 0 Å². The maximum atomic E-state index is 13.9. The number of carbonyl (C=O) groups excluding carboxylic acids is 1. The third-order valence-electron chi connectivity index (χ3n) is 6.45. The molecule has 0 spiro atoms. The summed E-state index contributed by atoms with van der Waals surface area (Å²) in [5, 5.41) is 7.40. The smallest absolute Gasteiger partial charge is 0.408 e. The van der Waals surface area contributed by atoms with E-state index < -0.39 is 39.8 Å².